The van der Waals surface area contributed by atoms with Gasteiger partial charge in [0.05, 0.1) is 0 Å². The molecule has 1 saturated carbocycles. The van der Waals surface area contributed by atoms with Gasteiger partial charge in [0.25, 0.3) is 0 Å². The van der Waals surface area contributed by atoms with Crippen molar-refractivity contribution < 1.29 is 0 Å². The van der Waals surface area contributed by atoms with E-state index in [0.717, 1.165) is 0 Å². The lowest BCUT2D eigenvalue weighted by Gasteiger charge is -2.37. The van der Waals surface area contributed by atoms with Crippen molar-refractivity contribution in [1.29, 1.82) is 0 Å². The van der Waals surface area contributed by atoms with Gasteiger partial charge in [-0.2, -0.15) is 0 Å². The molecule has 0 radical (unpaired) electrons. The second kappa shape index (κ2) is 6.46. The molecule has 1 nitrogen and oxygen atoms in total. The quantitative estimate of drug-likeness (QED) is 0.773. The van der Waals surface area contributed by atoms with Crippen molar-refractivity contribution in [1.82, 2.24) is 5.32 Å². The Kier molecular flexibility index (Phi) is 4.89. The first kappa shape index (κ1) is 15.1. The van der Waals surface area contributed by atoms with Crippen LogP contribution in [-0.2, 0) is 0 Å². The minimum atomic E-state index is -0.0992. The molecular formula is C19H27N. The summed E-state index contributed by atoms with van der Waals surface area (Å²) in [5.74, 6) is 3.73. The fourth-order valence-electron chi connectivity index (χ4n) is 3.42. The molecule has 1 aliphatic rings. The van der Waals surface area contributed by atoms with Gasteiger partial charge in [-0.05, 0) is 45.1 Å². The normalized spacial score (nSPS) is 19.5. The highest BCUT2D eigenvalue weighted by Gasteiger charge is 2.36. The summed E-state index contributed by atoms with van der Waals surface area (Å²) in [4.78, 5) is 0. The second-order valence-electron chi connectivity index (χ2n) is 6.69. The van der Waals surface area contributed by atoms with Gasteiger partial charge >= 0.3 is 0 Å². The second-order valence-corrected chi connectivity index (χ2v) is 6.69. The van der Waals surface area contributed by atoms with Crippen LogP contribution < -0.4 is 5.32 Å². The summed E-state index contributed by atoms with van der Waals surface area (Å²) in [5, 5.41) is 3.82. The van der Waals surface area contributed by atoms with Gasteiger partial charge in [-0.25, -0.2) is 0 Å². The molecule has 108 valence electrons. The summed E-state index contributed by atoms with van der Waals surface area (Å²) in [5.41, 5.74) is 1.24. The van der Waals surface area contributed by atoms with Crippen LogP contribution in [0.5, 0.6) is 0 Å². The molecule has 1 aliphatic carbocycles. The van der Waals surface area contributed by atoms with E-state index in [1.165, 1.54) is 31.2 Å². The van der Waals surface area contributed by atoms with Crippen LogP contribution in [-0.4, -0.2) is 6.04 Å². The predicted octanol–water partition coefficient (Wildman–Crippen LogP) is 4.56. The van der Waals surface area contributed by atoms with Crippen LogP contribution in [0.2, 0.25) is 0 Å². The fourth-order valence-corrected chi connectivity index (χ4v) is 3.42. The zero-order valence-electron chi connectivity index (χ0n) is 13.0. The van der Waals surface area contributed by atoms with Gasteiger partial charge in [0.15, 0.2) is 0 Å². The number of hydrogen-bond donors (Lipinski definition) is 1. The Morgan fingerprint density at radius 2 is 1.80 bits per heavy atom. The van der Waals surface area contributed by atoms with E-state index < -0.39 is 0 Å². The topological polar surface area (TPSA) is 12.0 Å². The monoisotopic (exact) mass is 269 g/mol. The molecule has 2 rings (SSSR count). The van der Waals surface area contributed by atoms with Crippen LogP contribution in [0.15, 0.2) is 30.3 Å². The lowest BCUT2D eigenvalue weighted by molar-refractivity contribution is 0.215. The molecule has 1 aromatic rings. The zero-order chi connectivity index (χ0) is 14.6. The van der Waals surface area contributed by atoms with Crippen molar-refractivity contribution in [2.75, 3.05) is 0 Å². The summed E-state index contributed by atoms with van der Waals surface area (Å²) >= 11 is 0. The standard InChI is InChI=1S/C19H27N/c1-5-19(3,4)18(17-13-9-10-14-17)20-15(2)16-11-7-6-8-12-16/h1,6-8,11-12,15,17-18,20H,9-10,13-14H2,2-4H3/t15-,18-/m1/s1. The minimum Gasteiger partial charge on any atom is -0.306 e. The Hall–Kier alpha value is -1.26. The van der Waals surface area contributed by atoms with Gasteiger partial charge in [0.2, 0.25) is 0 Å². The molecule has 0 heterocycles. The Labute approximate surface area is 124 Å². The van der Waals surface area contributed by atoms with Crippen LogP contribution in [0.1, 0.15) is 58.1 Å². The zero-order valence-corrected chi connectivity index (χ0v) is 13.0. The van der Waals surface area contributed by atoms with Gasteiger partial charge in [0.1, 0.15) is 0 Å². The molecule has 0 spiro atoms. The lowest BCUT2D eigenvalue weighted by Crippen LogP contribution is -2.47. The highest BCUT2D eigenvalue weighted by Crippen LogP contribution is 2.37. The van der Waals surface area contributed by atoms with Crippen molar-refractivity contribution in [3.05, 3.63) is 35.9 Å². The molecule has 1 aromatic carbocycles. The van der Waals surface area contributed by atoms with Gasteiger partial charge in [-0.3, -0.25) is 0 Å². The molecular weight excluding hydrogens is 242 g/mol. The van der Waals surface area contributed by atoms with Crippen molar-refractivity contribution in [3.8, 4) is 12.3 Å². The Balaban J connectivity index is 2.14. The number of benzene rings is 1. The van der Waals surface area contributed by atoms with E-state index in [4.69, 9.17) is 6.42 Å². The predicted molar refractivity (Wildman–Crippen MR) is 86.4 cm³/mol. The molecule has 0 aromatic heterocycles. The van der Waals surface area contributed by atoms with E-state index in [1.807, 2.05) is 0 Å². The van der Waals surface area contributed by atoms with E-state index in [1.54, 1.807) is 0 Å². The maximum Gasteiger partial charge on any atom is 0.0411 e. The van der Waals surface area contributed by atoms with Gasteiger partial charge < -0.3 is 5.32 Å². The summed E-state index contributed by atoms with van der Waals surface area (Å²) in [7, 11) is 0. The lowest BCUT2D eigenvalue weighted by atomic mass is 9.76. The van der Waals surface area contributed by atoms with Crippen LogP contribution in [0.25, 0.3) is 0 Å². The Morgan fingerprint density at radius 3 is 2.35 bits per heavy atom. The molecule has 1 heteroatoms. The molecule has 20 heavy (non-hydrogen) atoms. The highest BCUT2D eigenvalue weighted by atomic mass is 15.0. The summed E-state index contributed by atoms with van der Waals surface area (Å²) in [6, 6.07) is 11.4. The Bertz CT molecular complexity index is 448. The summed E-state index contributed by atoms with van der Waals surface area (Å²) < 4.78 is 0. The van der Waals surface area contributed by atoms with Crippen LogP contribution in [0, 0.1) is 23.7 Å². The van der Waals surface area contributed by atoms with E-state index in [-0.39, 0.29) is 5.41 Å². The first-order chi connectivity index (χ1) is 9.54. The molecule has 0 amide bonds. The van der Waals surface area contributed by atoms with E-state index >= 15 is 0 Å². The number of hydrogen-bond acceptors (Lipinski definition) is 1. The van der Waals surface area contributed by atoms with E-state index in [2.05, 4.69) is 62.3 Å². The Morgan fingerprint density at radius 1 is 1.20 bits per heavy atom. The molecule has 1 fully saturated rings. The molecule has 0 aliphatic heterocycles. The third-order valence-electron chi connectivity index (χ3n) is 4.75. The number of rotatable bonds is 5. The van der Waals surface area contributed by atoms with E-state index in [0.29, 0.717) is 18.0 Å². The van der Waals surface area contributed by atoms with Crippen LogP contribution in [0.4, 0.5) is 0 Å². The molecule has 0 saturated heterocycles. The molecule has 0 unspecified atom stereocenters. The fraction of sp³-hybridized carbons (Fsp3) is 0.579. The number of terminal acetylenes is 1. The third-order valence-corrected chi connectivity index (χ3v) is 4.75. The van der Waals surface area contributed by atoms with Gasteiger partial charge in [0, 0.05) is 17.5 Å². The maximum absolute atomic E-state index is 5.80. The van der Waals surface area contributed by atoms with Crippen molar-refractivity contribution in [2.45, 2.75) is 58.5 Å². The summed E-state index contributed by atoms with van der Waals surface area (Å²) in [6.45, 7) is 6.63. The largest absolute Gasteiger partial charge is 0.306 e. The maximum atomic E-state index is 5.80. The van der Waals surface area contributed by atoms with Gasteiger partial charge in [-0.15, -0.1) is 6.42 Å². The first-order valence-electron chi connectivity index (χ1n) is 7.83. The smallest absolute Gasteiger partial charge is 0.0411 e. The number of nitrogens with one attached hydrogen (secondary N) is 1. The van der Waals surface area contributed by atoms with E-state index in [9.17, 15) is 0 Å². The highest BCUT2D eigenvalue weighted by molar-refractivity contribution is 5.19. The van der Waals surface area contributed by atoms with Crippen molar-refractivity contribution in [3.63, 3.8) is 0 Å². The average Bonchev–Trinajstić information content (AvgIpc) is 2.99. The molecule has 1 N–H and O–H groups in total. The van der Waals surface area contributed by atoms with Gasteiger partial charge in [-0.1, -0.05) is 49.1 Å². The SMILES string of the molecule is C#CC(C)(C)[C@H](N[C@H](C)c1ccccc1)C1CCCC1. The van der Waals surface area contributed by atoms with Crippen LogP contribution in [0.3, 0.4) is 0 Å². The molecule has 0 bridgehead atoms. The first-order valence-corrected chi connectivity index (χ1v) is 7.83. The van der Waals surface area contributed by atoms with Crippen LogP contribution >= 0.6 is 0 Å². The molecule has 2 atom stereocenters. The van der Waals surface area contributed by atoms with Crippen molar-refractivity contribution in [2.24, 2.45) is 11.3 Å². The summed E-state index contributed by atoms with van der Waals surface area (Å²) in [6.07, 6.45) is 11.1. The minimum absolute atomic E-state index is 0.0992. The van der Waals surface area contributed by atoms with Crippen molar-refractivity contribution >= 4 is 0 Å². The third kappa shape index (κ3) is 3.44. The average molecular weight is 269 g/mol.